The van der Waals surface area contributed by atoms with Crippen molar-refractivity contribution in [1.82, 2.24) is 18.8 Å². The maximum Gasteiger partial charge on any atom is 0.227 e. The second-order valence-corrected chi connectivity index (χ2v) is 8.54. The minimum Gasteiger partial charge on any atom is -0.340 e. The molecule has 1 fully saturated rings. The molecule has 1 amide bonds. The normalized spacial score (nSPS) is 16.5. The summed E-state index contributed by atoms with van der Waals surface area (Å²) in [7, 11) is -1.24. The number of benzene rings is 1. The largest absolute Gasteiger partial charge is 0.340 e. The molecule has 0 unspecified atom stereocenters. The molecule has 2 aromatic rings. The van der Waals surface area contributed by atoms with Crippen molar-refractivity contribution in [2.75, 3.05) is 31.9 Å². The SMILES string of the molecule is CCCS(=O)(=O)N1CCN(C(=O)Cc2ccc3c(c2)ncn3C)CC1. The van der Waals surface area contributed by atoms with Gasteiger partial charge >= 0.3 is 0 Å². The lowest BCUT2D eigenvalue weighted by atomic mass is 10.1. The highest BCUT2D eigenvalue weighted by molar-refractivity contribution is 7.89. The first-order valence-corrected chi connectivity index (χ1v) is 10.2. The van der Waals surface area contributed by atoms with E-state index in [2.05, 4.69) is 4.98 Å². The minimum atomic E-state index is -3.18. The third-order valence-electron chi connectivity index (χ3n) is 4.59. The number of hydrogen-bond donors (Lipinski definition) is 0. The summed E-state index contributed by atoms with van der Waals surface area (Å²) in [6.07, 6.45) is 2.68. The number of hydrogen-bond acceptors (Lipinski definition) is 4. The van der Waals surface area contributed by atoms with Crippen LogP contribution in [0.3, 0.4) is 0 Å². The standard InChI is InChI=1S/C17H24N4O3S/c1-3-10-25(23,24)21-8-6-20(7-9-21)17(22)12-14-4-5-16-15(11-14)18-13-19(16)2/h4-5,11,13H,3,6-10,12H2,1-2H3. The topological polar surface area (TPSA) is 75.5 Å². The zero-order valence-corrected chi connectivity index (χ0v) is 15.5. The van der Waals surface area contributed by atoms with Crippen LogP contribution >= 0.6 is 0 Å². The Morgan fingerprint density at radius 2 is 1.92 bits per heavy atom. The first-order valence-electron chi connectivity index (χ1n) is 8.56. The van der Waals surface area contributed by atoms with E-state index in [9.17, 15) is 13.2 Å². The van der Waals surface area contributed by atoms with E-state index >= 15 is 0 Å². The van der Waals surface area contributed by atoms with Gasteiger partial charge in [0.2, 0.25) is 15.9 Å². The number of piperazine rings is 1. The first-order chi connectivity index (χ1) is 11.9. The molecule has 3 rings (SSSR count). The van der Waals surface area contributed by atoms with Gasteiger partial charge in [-0.3, -0.25) is 4.79 Å². The highest BCUT2D eigenvalue weighted by Gasteiger charge is 2.28. The van der Waals surface area contributed by atoms with Gasteiger partial charge in [0.05, 0.1) is 29.5 Å². The number of amides is 1. The summed E-state index contributed by atoms with van der Waals surface area (Å²) in [4.78, 5) is 18.6. The van der Waals surface area contributed by atoms with E-state index in [1.165, 1.54) is 4.31 Å². The van der Waals surface area contributed by atoms with Crippen LogP contribution in [0.5, 0.6) is 0 Å². The van der Waals surface area contributed by atoms with Gasteiger partial charge < -0.3 is 9.47 Å². The molecule has 0 radical (unpaired) electrons. The maximum absolute atomic E-state index is 12.5. The third kappa shape index (κ3) is 3.85. The molecular formula is C17H24N4O3S. The molecule has 1 aromatic carbocycles. The molecule has 1 aromatic heterocycles. The summed E-state index contributed by atoms with van der Waals surface area (Å²) in [6.45, 7) is 3.53. The van der Waals surface area contributed by atoms with Gasteiger partial charge in [-0.1, -0.05) is 13.0 Å². The molecule has 0 bridgehead atoms. The molecule has 0 atom stereocenters. The Morgan fingerprint density at radius 1 is 1.20 bits per heavy atom. The molecule has 136 valence electrons. The van der Waals surface area contributed by atoms with Crippen LogP contribution in [-0.4, -0.2) is 65.0 Å². The first kappa shape index (κ1) is 17.9. The molecule has 7 nitrogen and oxygen atoms in total. The monoisotopic (exact) mass is 364 g/mol. The van der Waals surface area contributed by atoms with Gasteiger partial charge in [-0.25, -0.2) is 13.4 Å². The van der Waals surface area contributed by atoms with Crippen molar-refractivity contribution in [3.8, 4) is 0 Å². The van der Waals surface area contributed by atoms with E-state index in [-0.39, 0.29) is 11.7 Å². The Hall–Kier alpha value is -1.93. The number of sulfonamides is 1. The van der Waals surface area contributed by atoms with E-state index in [1.54, 1.807) is 11.2 Å². The molecule has 1 aliphatic rings. The predicted molar refractivity (Wildman–Crippen MR) is 96.6 cm³/mol. The van der Waals surface area contributed by atoms with E-state index in [1.807, 2.05) is 36.7 Å². The van der Waals surface area contributed by atoms with Crippen molar-refractivity contribution >= 4 is 27.0 Å². The van der Waals surface area contributed by atoms with Crippen molar-refractivity contribution in [3.63, 3.8) is 0 Å². The van der Waals surface area contributed by atoms with Crippen LogP contribution in [0.15, 0.2) is 24.5 Å². The Labute approximate surface area is 148 Å². The van der Waals surface area contributed by atoms with E-state index in [0.717, 1.165) is 16.6 Å². The molecule has 0 saturated carbocycles. The summed E-state index contributed by atoms with van der Waals surface area (Å²) in [5, 5.41) is 0. The van der Waals surface area contributed by atoms with Gasteiger partial charge in [0.15, 0.2) is 0 Å². The Balaban J connectivity index is 1.60. The average molecular weight is 364 g/mol. The van der Waals surface area contributed by atoms with Crippen molar-refractivity contribution in [1.29, 1.82) is 0 Å². The summed E-state index contributed by atoms with van der Waals surface area (Å²) >= 11 is 0. The number of fused-ring (bicyclic) bond motifs is 1. The van der Waals surface area contributed by atoms with Crippen molar-refractivity contribution in [2.24, 2.45) is 7.05 Å². The molecule has 1 saturated heterocycles. The van der Waals surface area contributed by atoms with Crippen LogP contribution in [0.4, 0.5) is 0 Å². The Bertz CT molecular complexity index is 867. The second-order valence-electron chi connectivity index (χ2n) is 6.45. The zero-order valence-electron chi connectivity index (χ0n) is 14.7. The van der Waals surface area contributed by atoms with Gasteiger partial charge in [-0.15, -0.1) is 0 Å². The number of carbonyl (C=O) groups excluding carboxylic acids is 1. The number of aryl methyl sites for hydroxylation is 1. The average Bonchev–Trinajstić information content (AvgIpc) is 2.95. The smallest absolute Gasteiger partial charge is 0.227 e. The number of rotatable bonds is 5. The minimum absolute atomic E-state index is 0.0304. The zero-order chi connectivity index (χ0) is 18.0. The molecule has 1 aliphatic heterocycles. The highest BCUT2D eigenvalue weighted by Crippen LogP contribution is 2.16. The summed E-state index contributed by atoms with van der Waals surface area (Å²) in [5.74, 6) is 0.202. The van der Waals surface area contributed by atoms with E-state index in [0.29, 0.717) is 39.0 Å². The summed E-state index contributed by atoms with van der Waals surface area (Å²) in [5.41, 5.74) is 2.84. The van der Waals surface area contributed by atoms with Crippen molar-refractivity contribution in [3.05, 3.63) is 30.1 Å². The summed E-state index contributed by atoms with van der Waals surface area (Å²) < 4.78 is 27.6. The van der Waals surface area contributed by atoms with Crippen molar-refractivity contribution in [2.45, 2.75) is 19.8 Å². The molecule has 25 heavy (non-hydrogen) atoms. The van der Waals surface area contributed by atoms with E-state index in [4.69, 9.17) is 0 Å². The number of nitrogens with zero attached hydrogens (tertiary/aromatic N) is 4. The highest BCUT2D eigenvalue weighted by atomic mass is 32.2. The molecular weight excluding hydrogens is 340 g/mol. The number of aromatic nitrogens is 2. The lowest BCUT2D eigenvalue weighted by Gasteiger charge is -2.34. The van der Waals surface area contributed by atoms with Crippen LogP contribution in [0, 0.1) is 0 Å². The number of carbonyl (C=O) groups is 1. The Morgan fingerprint density at radius 3 is 2.60 bits per heavy atom. The lowest BCUT2D eigenvalue weighted by Crippen LogP contribution is -2.51. The molecule has 0 aliphatic carbocycles. The fraction of sp³-hybridized carbons (Fsp3) is 0.529. The van der Waals surface area contributed by atoms with Crippen LogP contribution < -0.4 is 0 Å². The van der Waals surface area contributed by atoms with E-state index < -0.39 is 10.0 Å². The molecule has 0 spiro atoms. The van der Waals surface area contributed by atoms with Crippen LogP contribution in [0.2, 0.25) is 0 Å². The van der Waals surface area contributed by atoms with Crippen LogP contribution in [-0.2, 0) is 28.3 Å². The van der Waals surface area contributed by atoms with Gasteiger partial charge in [0.25, 0.3) is 0 Å². The number of imidazole rings is 1. The fourth-order valence-corrected chi connectivity index (χ4v) is 4.67. The summed E-state index contributed by atoms with van der Waals surface area (Å²) in [6, 6.07) is 5.86. The van der Waals surface area contributed by atoms with Crippen LogP contribution in [0.1, 0.15) is 18.9 Å². The third-order valence-corrected chi connectivity index (χ3v) is 6.67. The van der Waals surface area contributed by atoms with Crippen LogP contribution in [0.25, 0.3) is 11.0 Å². The molecule has 2 heterocycles. The second kappa shape index (κ2) is 7.13. The van der Waals surface area contributed by atoms with Gasteiger partial charge in [-0.05, 0) is 24.1 Å². The quantitative estimate of drug-likeness (QED) is 0.793. The maximum atomic E-state index is 12.5. The molecule has 0 N–H and O–H groups in total. The predicted octanol–water partition coefficient (Wildman–Crippen LogP) is 1.000. The Kier molecular flexibility index (Phi) is 5.10. The fourth-order valence-electron chi connectivity index (χ4n) is 3.18. The van der Waals surface area contributed by atoms with Gasteiger partial charge in [-0.2, -0.15) is 4.31 Å². The van der Waals surface area contributed by atoms with Crippen molar-refractivity contribution < 1.29 is 13.2 Å². The lowest BCUT2D eigenvalue weighted by molar-refractivity contribution is -0.131. The van der Waals surface area contributed by atoms with Gasteiger partial charge in [0, 0.05) is 33.2 Å². The molecule has 8 heteroatoms. The van der Waals surface area contributed by atoms with Gasteiger partial charge in [0.1, 0.15) is 0 Å².